The number of unbranched alkanes of at least 4 members (excludes halogenated alkanes) is 3. The van der Waals surface area contributed by atoms with Crippen molar-refractivity contribution in [3.05, 3.63) is 35.7 Å². The van der Waals surface area contributed by atoms with E-state index in [9.17, 15) is 4.79 Å². The zero-order valence-electron chi connectivity index (χ0n) is 17.9. The Hall–Kier alpha value is -2.14. The first-order valence-electron chi connectivity index (χ1n) is 10.6. The van der Waals surface area contributed by atoms with Crippen LogP contribution in [0.4, 0.5) is 0 Å². The predicted octanol–water partition coefficient (Wildman–Crippen LogP) is 4.69. The summed E-state index contributed by atoms with van der Waals surface area (Å²) in [5.41, 5.74) is 3.13. The molecule has 28 heavy (non-hydrogen) atoms. The molecule has 0 atom stereocenters. The van der Waals surface area contributed by atoms with Crippen LogP contribution in [0.3, 0.4) is 0 Å². The van der Waals surface area contributed by atoms with Gasteiger partial charge in [-0.25, -0.2) is 9.78 Å². The molecule has 1 aromatic carbocycles. The second kappa shape index (κ2) is 11.6. The standard InChI is InChI=1S/C23H35N3O2/c1-5-8-9-10-11-22-24-20-18-19(13-15-23(27)28-4)12-14-21(20)26(22)17-16-25(6-2)7-3/h12-15,18H,5-11,16-17H2,1-4H3/b15-13+. The Morgan fingerprint density at radius 1 is 1.18 bits per heavy atom. The van der Waals surface area contributed by atoms with E-state index < -0.39 is 0 Å². The number of rotatable bonds is 12. The van der Waals surface area contributed by atoms with Crippen molar-refractivity contribution in [2.45, 2.75) is 59.4 Å². The predicted molar refractivity (Wildman–Crippen MR) is 116 cm³/mol. The lowest BCUT2D eigenvalue weighted by Crippen LogP contribution is -2.27. The molecule has 154 valence electrons. The van der Waals surface area contributed by atoms with Crippen molar-refractivity contribution >= 4 is 23.1 Å². The number of nitrogens with zero attached hydrogens (tertiary/aromatic N) is 3. The van der Waals surface area contributed by atoms with E-state index in [4.69, 9.17) is 4.98 Å². The van der Waals surface area contributed by atoms with Gasteiger partial charge in [0, 0.05) is 25.6 Å². The molecule has 5 heteroatoms. The molecule has 0 spiro atoms. The summed E-state index contributed by atoms with van der Waals surface area (Å²) in [7, 11) is 1.39. The molecule has 0 saturated heterocycles. The van der Waals surface area contributed by atoms with Crippen molar-refractivity contribution in [2.75, 3.05) is 26.7 Å². The summed E-state index contributed by atoms with van der Waals surface area (Å²) in [4.78, 5) is 18.7. The summed E-state index contributed by atoms with van der Waals surface area (Å²) >= 11 is 0. The van der Waals surface area contributed by atoms with Crippen LogP contribution < -0.4 is 0 Å². The fourth-order valence-corrected chi connectivity index (χ4v) is 3.46. The second-order valence-electron chi connectivity index (χ2n) is 7.12. The summed E-state index contributed by atoms with van der Waals surface area (Å²) in [5, 5.41) is 0. The van der Waals surface area contributed by atoms with E-state index in [0.29, 0.717) is 0 Å². The summed E-state index contributed by atoms with van der Waals surface area (Å²) in [5.74, 6) is 0.828. The molecule has 0 unspecified atom stereocenters. The molecule has 0 amide bonds. The van der Waals surface area contributed by atoms with Crippen molar-refractivity contribution < 1.29 is 9.53 Å². The van der Waals surface area contributed by atoms with Gasteiger partial charge in [-0.15, -0.1) is 0 Å². The Labute approximate surface area is 169 Å². The summed E-state index contributed by atoms with van der Waals surface area (Å²) in [6.07, 6.45) is 9.20. The zero-order valence-corrected chi connectivity index (χ0v) is 17.9. The highest BCUT2D eigenvalue weighted by atomic mass is 16.5. The minimum atomic E-state index is -0.346. The van der Waals surface area contributed by atoms with Gasteiger partial charge in [0.1, 0.15) is 5.82 Å². The zero-order chi connectivity index (χ0) is 20.4. The van der Waals surface area contributed by atoms with Gasteiger partial charge < -0.3 is 14.2 Å². The minimum absolute atomic E-state index is 0.346. The Morgan fingerprint density at radius 2 is 1.96 bits per heavy atom. The molecule has 1 aromatic heterocycles. The molecule has 1 heterocycles. The van der Waals surface area contributed by atoms with Crippen LogP contribution in [0.1, 0.15) is 57.8 Å². The molecule has 0 N–H and O–H groups in total. The SMILES string of the molecule is CCCCCCc1nc2cc(/C=C/C(=O)OC)ccc2n1CCN(CC)CC. The van der Waals surface area contributed by atoms with Crippen LogP contribution in [0.2, 0.25) is 0 Å². The van der Waals surface area contributed by atoms with E-state index in [0.717, 1.165) is 43.7 Å². The van der Waals surface area contributed by atoms with Crippen molar-refractivity contribution in [3.8, 4) is 0 Å². The molecule has 5 nitrogen and oxygen atoms in total. The van der Waals surface area contributed by atoms with Gasteiger partial charge in [0.15, 0.2) is 0 Å². The van der Waals surface area contributed by atoms with E-state index >= 15 is 0 Å². The summed E-state index contributed by atoms with van der Waals surface area (Å²) in [6, 6.07) is 6.22. The van der Waals surface area contributed by atoms with E-state index in [1.807, 2.05) is 6.07 Å². The maximum absolute atomic E-state index is 11.4. The molecule has 2 aromatic rings. The molecule has 0 saturated carbocycles. The number of aryl methyl sites for hydroxylation is 1. The quantitative estimate of drug-likeness (QED) is 0.302. The van der Waals surface area contributed by atoms with E-state index in [2.05, 4.69) is 47.1 Å². The molecule has 0 aliphatic heterocycles. The Morgan fingerprint density at radius 3 is 2.64 bits per heavy atom. The third-order valence-corrected chi connectivity index (χ3v) is 5.25. The van der Waals surface area contributed by atoms with Crippen molar-refractivity contribution in [1.82, 2.24) is 14.5 Å². The number of hydrogen-bond donors (Lipinski definition) is 0. The highest BCUT2D eigenvalue weighted by Gasteiger charge is 2.12. The number of ether oxygens (including phenoxy) is 1. The molecular weight excluding hydrogens is 350 g/mol. The number of likely N-dealkylation sites (N-methyl/N-ethyl adjacent to an activating group) is 1. The largest absolute Gasteiger partial charge is 0.466 e. The van der Waals surface area contributed by atoms with Crippen LogP contribution in [0, 0.1) is 0 Å². The topological polar surface area (TPSA) is 47.4 Å². The molecule has 0 aliphatic carbocycles. The molecule has 0 radical (unpaired) electrons. The maximum atomic E-state index is 11.4. The smallest absolute Gasteiger partial charge is 0.330 e. The molecule has 0 fully saturated rings. The summed E-state index contributed by atoms with van der Waals surface area (Å²) in [6.45, 7) is 10.8. The normalized spacial score (nSPS) is 11.8. The molecule has 2 rings (SSSR count). The van der Waals surface area contributed by atoms with Crippen LogP contribution in [-0.4, -0.2) is 47.2 Å². The van der Waals surface area contributed by atoms with E-state index in [1.165, 1.54) is 50.2 Å². The average molecular weight is 386 g/mol. The van der Waals surface area contributed by atoms with E-state index in [-0.39, 0.29) is 5.97 Å². The molecular formula is C23H35N3O2. The lowest BCUT2D eigenvalue weighted by Gasteiger charge is -2.19. The number of esters is 1. The number of carbonyl (C=O) groups is 1. The fourth-order valence-electron chi connectivity index (χ4n) is 3.46. The first kappa shape index (κ1) is 22.2. The number of benzene rings is 1. The fraction of sp³-hybridized carbons (Fsp3) is 0.565. The highest BCUT2D eigenvalue weighted by Crippen LogP contribution is 2.21. The first-order valence-corrected chi connectivity index (χ1v) is 10.6. The van der Waals surface area contributed by atoms with Gasteiger partial charge >= 0.3 is 5.97 Å². The van der Waals surface area contributed by atoms with Crippen LogP contribution in [0.15, 0.2) is 24.3 Å². The van der Waals surface area contributed by atoms with Gasteiger partial charge in [0.2, 0.25) is 0 Å². The lowest BCUT2D eigenvalue weighted by atomic mass is 10.1. The van der Waals surface area contributed by atoms with Crippen LogP contribution in [0.25, 0.3) is 17.1 Å². The van der Waals surface area contributed by atoms with Gasteiger partial charge in [0.25, 0.3) is 0 Å². The Bertz CT molecular complexity index is 775. The number of hydrogen-bond acceptors (Lipinski definition) is 4. The van der Waals surface area contributed by atoms with Crippen molar-refractivity contribution in [1.29, 1.82) is 0 Å². The summed E-state index contributed by atoms with van der Waals surface area (Å²) < 4.78 is 7.05. The van der Waals surface area contributed by atoms with Gasteiger partial charge in [-0.05, 0) is 43.3 Å². The van der Waals surface area contributed by atoms with Crippen molar-refractivity contribution in [3.63, 3.8) is 0 Å². The van der Waals surface area contributed by atoms with Gasteiger partial charge in [0.05, 0.1) is 18.1 Å². The number of imidazole rings is 1. The first-order chi connectivity index (χ1) is 13.6. The molecule has 0 bridgehead atoms. The van der Waals surface area contributed by atoms with Gasteiger partial charge in [-0.2, -0.15) is 0 Å². The van der Waals surface area contributed by atoms with Gasteiger partial charge in [-0.1, -0.05) is 46.1 Å². The van der Waals surface area contributed by atoms with Gasteiger partial charge in [-0.3, -0.25) is 0 Å². The number of methoxy groups -OCH3 is 1. The monoisotopic (exact) mass is 385 g/mol. The Balaban J connectivity index is 2.26. The number of fused-ring (bicyclic) bond motifs is 1. The van der Waals surface area contributed by atoms with Crippen LogP contribution >= 0.6 is 0 Å². The molecule has 0 aliphatic rings. The number of aromatic nitrogens is 2. The van der Waals surface area contributed by atoms with Crippen LogP contribution in [-0.2, 0) is 22.5 Å². The van der Waals surface area contributed by atoms with E-state index in [1.54, 1.807) is 6.08 Å². The third-order valence-electron chi connectivity index (χ3n) is 5.25. The average Bonchev–Trinajstić information content (AvgIpc) is 3.06. The third kappa shape index (κ3) is 6.20. The number of carbonyl (C=O) groups excluding carboxylic acids is 1. The lowest BCUT2D eigenvalue weighted by molar-refractivity contribution is -0.134. The minimum Gasteiger partial charge on any atom is -0.466 e. The second-order valence-corrected chi connectivity index (χ2v) is 7.12. The van der Waals surface area contributed by atoms with Crippen LogP contribution in [0.5, 0.6) is 0 Å². The maximum Gasteiger partial charge on any atom is 0.330 e. The van der Waals surface area contributed by atoms with Crippen molar-refractivity contribution in [2.24, 2.45) is 0 Å². The highest BCUT2D eigenvalue weighted by molar-refractivity contribution is 5.88. The Kier molecular flexibility index (Phi) is 9.21.